The van der Waals surface area contributed by atoms with Gasteiger partial charge in [0.05, 0.1) is 46.2 Å². The van der Waals surface area contributed by atoms with Gasteiger partial charge >= 0.3 is 5.97 Å². The van der Waals surface area contributed by atoms with Crippen LogP contribution >= 0.6 is 0 Å². The molecule has 6 nitrogen and oxygen atoms in total. The maximum atomic E-state index is 11.9. The normalized spacial score (nSPS) is 12.3. The molecule has 252 valence electrons. The van der Waals surface area contributed by atoms with Crippen molar-refractivity contribution in [3.63, 3.8) is 0 Å². The molecule has 1 atom stereocenters. The monoisotopic (exact) mass is 601 g/mol. The van der Waals surface area contributed by atoms with E-state index in [1.165, 1.54) is 103 Å². The minimum atomic E-state index is -0.109. The molecule has 6 heteroatoms. The van der Waals surface area contributed by atoms with Gasteiger partial charge in [-0.2, -0.15) is 0 Å². The van der Waals surface area contributed by atoms with E-state index in [4.69, 9.17) is 23.7 Å². The molecule has 0 fully saturated rings. The third-order valence-corrected chi connectivity index (χ3v) is 7.87. The van der Waals surface area contributed by atoms with Gasteiger partial charge in [-0.1, -0.05) is 130 Å². The van der Waals surface area contributed by atoms with Crippen LogP contribution in [0.5, 0.6) is 0 Å². The van der Waals surface area contributed by atoms with Crippen LogP contribution in [0.1, 0.15) is 156 Å². The largest absolute Gasteiger partial charge is 0.466 e. The number of rotatable bonds is 35. The summed E-state index contributed by atoms with van der Waals surface area (Å²) in [6.07, 6.45) is 24.8. The summed E-state index contributed by atoms with van der Waals surface area (Å²) in [7, 11) is 0. The van der Waals surface area contributed by atoms with Crippen molar-refractivity contribution in [2.75, 3.05) is 59.5 Å². The number of hydrogen-bond acceptors (Lipinski definition) is 6. The molecule has 0 radical (unpaired) electrons. The molecule has 0 aliphatic carbocycles. The van der Waals surface area contributed by atoms with Gasteiger partial charge in [0.15, 0.2) is 0 Å². The van der Waals surface area contributed by atoms with E-state index in [-0.39, 0.29) is 5.97 Å². The van der Waals surface area contributed by atoms with Crippen molar-refractivity contribution in [1.82, 2.24) is 0 Å². The summed E-state index contributed by atoms with van der Waals surface area (Å²) >= 11 is 0. The van der Waals surface area contributed by atoms with Crippen molar-refractivity contribution >= 4 is 5.97 Å². The van der Waals surface area contributed by atoms with E-state index in [2.05, 4.69) is 27.7 Å². The highest BCUT2D eigenvalue weighted by Gasteiger charge is 2.06. The number of carbonyl (C=O) groups excluding carboxylic acids is 1. The van der Waals surface area contributed by atoms with Crippen molar-refractivity contribution in [2.45, 2.75) is 156 Å². The van der Waals surface area contributed by atoms with Gasteiger partial charge in [0, 0.05) is 19.6 Å². The van der Waals surface area contributed by atoms with Crippen LogP contribution < -0.4 is 0 Å². The molecule has 42 heavy (non-hydrogen) atoms. The predicted octanol–water partition coefficient (Wildman–Crippen LogP) is 9.71. The van der Waals surface area contributed by atoms with E-state index < -0.39 is 0 Å². The lowest BCUT2D eigenvalue weighted by Gasteiger charge is -2.14. The minimum Gasteiger partial charge on any atom is -0.466 e. The topological polar surface area (TPSA) is 63.2 Å². The summed E-state index contributed by atoms with van der Waals surface area (Å²) in [6, 6.07) is 0. The van der Waals surface area contributed by atoms with Crippen LogP contribution in [0.15, 0.2) is 0 Å². The smallest absolute Gasteiger partial charge is 0.305 e. The standard InChI is InChI=1S/C36H72O6/c1-5-7-23-35(6-2)33-41-32-31-40-30-29-39-28-27-38-25-21-24-36(37)42-26-20-18-16-14-12-10-8-9-11-13-15-17-19-22-34(3)4/h34-35H,5-33H2,1-4H3. The molecule has 0 spiro atoms. The molecule has 0 bridgehead atoms. The van der Waals surface area contributed by atoms with E-state index in [1.807, 2.05) is 0 Å². The molecule has 0 heterocycles. The van der Waals surface area contributed by atoms with Crippen molar-refractivity contribution < 1.29 is 28.5 Å². The summed E-state index contributed by atoms with van der Waals surface area (Å²) in [5, 5.41) is 0. The second kappa shape index (κ2) is 34.8. The molecule has 0 rings (SSSR count). The van der Waals surface area contributed by atoms with Crippen molar-refractivity contribution in [1.29, 1.82) is 0 Å². The van der Waals surface area contributed by atoms with Crippen LogP contribution in [0.3, 0.4) is 0 Å². The van der Waals surface area contributed by atoms with Gasteiger partial charge in [-0.15, -0.1) is 0 Å². The summed E-state index contributed by atoms with van der Waals surface area (Å²) < 4.78 is 27.7. The fourth-order valence-electron chi connectivity index (χ4n) is 4.98. The third-order valence-electron chi connectivity index (χ3n) is 7.87. The zero-order chi connectivity index (χ0) is 30.8. The first kappa shape index (κ1) is 41.3. The van der Waals surface area contributed by atoms with Gasteiger partial charge in [-0.3, -0.25) is 4.79 Å². The van der Waals surface area contributed by atoms with Gasteiger partial charge in [0.2, 0.25) is 0 Å². The first-order valence-electron chi connectivity index (χ1n) is 18.1. The van der Waals surface area contributed by atoms with Crippen LogP contribution in [0.2, 0.25) is 0 Å². The Morgan fingerprint density at radius 1 is 0.500 bits per heavy atom. The van der Waals surface area contributed by atoms with Crippen molar-refractivity contribution in [3.8, 4) is 0 Å². The summed E-state index contributed by atoms with van der Waals surface area (Å²) in [4.78, 5) is 11.9. The molecule has 0 saturated heterocycles. The zero-order valence-corrected chi connectivity index (χ0v) is 28.6. The Labute approximate surface area is 261 Å². The Morgan fingerprint density at radius 2 is 0.976 bits per heavy atom. The van der Waals surface area contributed by atoms with E-state index in [9.17, 15) is 4.79 Å². The fourth-order valence-corrected chi connectivity index (χ4v) is 4.98. The van der Waals surface area contributed by atoms with Gasteiger partial charge in [-0.25, -0.2) is 0 Å². The maximum absolute atomic E-state index is 11.9. The molecule has 0 aliphatic rings. The molecule has 1 unspecified atom stereocenters. The first-order chi connectivity index (χ1) is 20.6. The van der Waals surface area contributed by atoms with Crippen LogP contribution in [0, 0.1) is 11.8 Å². The Balaban J connectivity index is 3.21. The average molecular weight is 601 g/mol. The molecular weight excluding hydrogens is 528 g/mol. The molecule has 0 aromatic carbocycles. The SMILES string of the molecule is CCCCC(CC)COCCOCCOCCOCCCC(=O)OCCCCCCCCCCCCCCCC(C)C. The number of unbranched alkanes of at least 4 members (excludes halogenated alkanes) is 13. The first-order valence-corrected chi connectivity index (χ1v) is 18.1. The van der Waals surface area contributed by atoms with E-state index in [0.717, 1.165) is 25.4 Å². The van der Waals surface area contributed by atoms with Crippen LogP contribution in [-0.2, 0) is 28.5 Å². The molecule has 0 aliphatic heterocycles. The molecule has 0 aromatic heterocycles. The Bertz CT molecular complexity index is 527. The van der Waals surface area contributed by atoms with Crippen LogP contribution in [0.4, 0.5) is 0 Å². The summed E-state index contributed by atoms with van der Waals surface area (Å²) in [5.74, 6) is 1.43. The minimum absolute atomic E-state index is 0.109. The summed E-state index contributed by atoms with van der Waals surface area (Å²) in [6.45, 7) is 14.5. The maximum Gasteiger partial charge on any atom is 0.305 e. The third kappa shape index (κ3) is 33.8. The van der Waals surface area contributed by atoms with Crippen molar-refractivity contribution in [3.05, 3.63) is 0 Å². The molecule has 0 amide bonds. The van der Waals surface area contributed by atoms with E-state index in [0.29, 0.717) is 71.6 Å². The number of hydrogen-bond donors (Lipinski definition) is 0. The highest BCUT2D eigenvalue weighted by Crippen LogP contribution is 2.15. The lowest BCUT2D eigenvalue weighted by Crippen LogP contribution is -2.14. The van der Waals surface area contributed by atoms with E-state index >= 15 is 0 Å². The lowest BCUT2D eigenvalue weighted by molar-refractivity contribution is -0.144. The average Bonchev–Trinajstić information content (AvgIpc) is 2.98. The highest BCUT2D eigenvalue weighted by atomic mass is 16.6. The van der Waals surface area contributed by atoms with Crippen LogP contribution in [-0.4, -0.2) is 65.4 Å². The molecular formula is C36H72O6. The van der Waals surface area contributed by atoms with Gasteiger partial charge in [-0.05, 0) is 31.1 Å². The summed E-state index contributed by atoms with van der Waals surface area (Å²) in [5.41, 5.74) is 0. The number of ether oxygens (including phenoxy) is 5. The number of esters is 1. The Morgan fingerprint density at radius 3 is 1.48 bits per heavy atom. The second-order valence-electron chi connectivity index (χ2n) is 12.4. The lowest BCUT2D eigenvalue weighted by atomic mass is 10.0. The predicted molar refractivity (Wildman–Crippen MR) is 176 cm³/mol. The van der Waals surface area contributed by atoms with E-state index in [1.54, 1.807) is 0 Å². The van der Waals surface area contributed by atoms with Gasteiger partial charge in [0.1, 0.15) is 0 Å². The number of carbonyl (C=O) groups is 1. The molecule has 0 saturated carbocycles. The van der Waals surface area contributed by atoms with Gasteiger partial charge in [0.25, 0.3) is 0 Å². The highest BCUT2D eigenvalue weighted by molar-refractivity contribution is 5.69. The van der Waals surface area contributed by atoms with Crippen molar-refractivity contribution in [2.24, 2.45) is 11.8 Å². The molecule has 0 N–H and O–H groups in total. The second-order valence-corrected chi connectivity index (χ2v) is 12.4. The fraction of sp³-hybridized carbons (Fsp3) is 0.972. The Kier molecular flexibility index (Phi) is 34.2. The van der Waals surface area contributed by atoms with Gasteiger partial charge < -0.3 is 23.7 Å². The van der Waals surface area contributed by atoms with Crippen LogP contribution in [0.25, 0.3) is 0 Å². The Hall–Kier alpha value is -0.690. The zero-order valence-electron chi connectivity index (χ0n) is 28.6. The molecule has 0 aromatic rings. The quantitative estimate of drug-likeness (QED) is 0.0533.